The molecule has 1 aromatic carbocycles. The molecule has 0 radical (unpaired) electrons. The molecule has 216 valence electrons. The molecule has 1 N–H and O–H groups in total. The van der Waals surface area contributed by atoms with Gasteiger partial charge in [0, 0.05) is 25.2 Å². The minimum absolute atomic E-state index is 0.0190. The minimum Gasteiger partial charge on any atom is -0.507 e. The number of benzene rings is 1. The van der Waals surface area contributed by atoms with E-state index in [1.807, 2.05) is 11.8 Å². The average molecular weight is 586 g/mol. The van der Waals surface area contributed by atoms with E-state index in [1.54, 1.807) is 36.8 Å². The number of carbonyl (C=O) groups excluding carboxylic acids is 2. The molecular weight excluding hydrogens is 557 g/mol. The van der Waals surface area contributed by atoms with Gasteiger partial charge in [0.15, 0.2) is 5.75 Å². The molecule has 2 atom stereocenters. The number of ether oxygens (including phenoxy) is 2. The number of halogens is 2. The van der Waals surface area contributed by atoms with Gasteiger partial charge in [-0.1, -0.05) is 22.8 Å². The molecule has 11 nitrogen and oxygen atoms in total. The van der Waals surface area contributed by atoms with Gasteiger partial charge in [-0.2, -0.15) is 0 Å². The highest BCUT2D eigenvalue weighted by molar-refractivity contribution is 6.35. The molecule has 0 saturated carbocycles. The average Bonchev–Trinajstić information content (AvgIpc) is 3.45. The summed E-state index contributed by atoms with van der Waals surface area (Å²) in [6.07, 6.45) is 1.07. The Morgan fingerprint density at radius 1 is 1.22 bits per heavy atom. The van der Waals surface area contributed by atoms with E-state index in [0.29, 0.717) is 5.69 Å². The van der Waals surface area contributed by atoms with Crippen molar-refractivity contribution in [1.82, 2.24) is 19.9 Å². The van der Waals surface area contributed by atoms with Crippen molar-refractivity contribution in [3.05, 3.63) is 52.1 Å². The monoisotopic (exact) mass is 585 g/mol. The highest BCUT2D eigenvalue weighted by Gasteiger charge is 2.43. The largest absolute Gasteiger partial charge is 0.507 e. The Hall–Kier alpha value is -4.06. The lowest BCUT2D eigenvalue weighted by atomic mass is 10.0. The number of aromatic nitrogens is 2. The number of hydrogen-bond donors (Lipinski definition) is 1. The lowest BCUT2D eigenvalue weighted by Gasteiger charge is -2.40. The summed E-state index contributed by atoms with van der Waals surface area (Å²) in [5, 5.41) is 14.6. The first-order chi connectivity index (χ1) is 19.4. The van der Waals surface area contributed by atoms with Crippen LogP contribution in [0.1, 0.15) is 55.4 Å². The van der Waals surface area contributed by atoms with Crippen LogP contribution < -0.4 is 9.64 Å². The second-order valence-corrected chi connectivity index (χ2v) is 11.7. The number of piperazine rings is 1. The summed E-state index contributed by atoms with van der Waals surface area (Å²) in [4.78, 5) is 36.8. The molecule has 5 heterocycles. The topological polar surface area (TPSA) is 121 Å². The lowest BCUT2D eigenvalue weighted by molar-refractivity contribution is 0.000954. The van der Waals surface area contributed by atoms with Crippen molar-refractivity contribution >= 4 is 29.4 Å². The Morgan fingerprint density at radius 3 is 2.71 bits per heavy atom. The SMILES string of the molecule is CC1c2conc2CN1c1nc(-c2c(O)cccc2F)c(Cl)c2c1C(=O)N1CCN(C(=O)OC(C)(C)C)C[C@@H]1CO2. The molecule has 13 heteroatoms. The molecule has 1 unspecified atom stereocenters. The van der Waals surface area contributed by atoms with Gasteiger partial charge in [-0.3, -0.25) is 4.79 Å². The molecule has 0 bridgehead atoms. The molecular formula is C28H29ClFN5O6. The number of fused-ring (bicyclic) bond motifs is 3. The van der Waals surface area contributed by atoms with E-state index in [-0.39, 0.29) is 83.9 Å². The molecule has 6 rings (SSSR count). The van der Waals surface area contributed by atoms with Crippen LogP contribution in [-0.2, 0) is 11.3 Å². The van der Waals surface area contributed by atoms with Crippen LogP contribution in [0.2, 0.25) is 5.02 Å². The third-order valence-corrected chi connectivity index (χ3v) is 7.87. The molecule has 1 fully saturated rings. The molecule has 3 aliphatic heterocycles. The molecule has 41 heavy (non-hydrogen) atoms. The molecule has 1 saturated heterocycles. The number of carbonyl (C=O) groups is 2. The number of aromatic hydroxyl groups is 1. The van der Waals surface area contributed by atoms with E-state index < -0.39 is 23.6 Å². The predicted octanol–water partition coefficient (Wildman–Crippen LogP) is 4.77. The van der Waals surface area contributed by atoms with Crippen molar-refractivity contribution in [3.63, 3.8) is 0 Å². The summed E-state index contributed by atoms with van der Waals surface area (Å²) < 4.78 is 31.9. The molecule has 2 amide bonds. The van der Waals surface area contributed by atoms with Crippen LogP contribution in [0.15, 0.2) is 29.0 Å². The van der Waals surface area contributed by atoms with Gasteiger partial charge in [0.2, 0.25) is 0 Å². The third kappa shape index (κ3) is 4.59. The van der Waals surface area contributed by atoms with E-state index in [4.69, 9.17) is 30.6 Å². The van der Waals surface area contributed by atoms with Gasteiger partial charge in [-0.15, -0.1) is 0 Å². The Balaban J connectivity index is 1.45. The number of rotatable bonds is 2. The fourth-order valence-corrected chi connectivity index (χ4v) is 5.80. The van der Waals surface area contributed by atoms with Crippen molar-refractivity contribution in [1.29, 1.82) is 0 Å². The van der Waals surface area contributed by atoms with Gasteiger partial charge in [0.1, 0.15) is 57.8 Å². The number of amides is 2. The van der Waals surface area contributed by atoms with Crippen LogP contribution >= 0.6 is 11.6 Å². The Kier molecular flexibility index (Phi) is 6.48. The summed E-state index contributed by atoms with van der Waals surface area (Å²) in [7, 11) is 0. The van der Waals surface area contributed by atoms with Gasteiger partial charge in [0.05, 0.1) is 24.2 Å². The second-order valence-electron chi connectivity index (χ2n) is 11.3. The quantitative estimate of drug-likeness (QED) is 0.453. The van der Waals surface area contributed by atoms with Crippen molar-refractivity contribution in [2.45, 2.75) is 51.9 Å². The van der Waals surface area contributed by atoms with E-state index in [1.165, 1.54) is 18.2 Å². The summed E-state index contributed by atoms with van der Waals surface area (Å²) in [5.41, 5.74) is 0.703. The molecule has 3 aliphatic rings. The highest BCUT2D eigenvalue weighted by atomic mass is 35.5. The Labute approximate surface area is 240 Å². The standard InChI is InChI=1S/C28H29ClFN5O6/c1-14-16-13-40-32-18(16)11-35(14)25-21-24(22(29)23(31-25)20-17(30)6-5-7-19(20)36)39-12-15-10-33(8-9-34(15)26(21)37)27(38)41-28(2,3)4/h5-7,13-15,36H,8-12H2,1-4H3/t14?,15-/m1/s1. The first-order valence-corrected chi connectivity index (χ1v) is 13.6. The van der Waals surface area contributed by atoms with Gasteiger partial charge in [0.25, 0.3) is 5.91 Å². The Morgan fingerprint density at radius 2 is 2.00 bits per heavy atom. The molecule has 0 aliphatic carbocycles. The minimum atomic E-state index is -0.734. The summed E-state index contributed by atoms with van der Waals surface area (Å²) in [6, 6.07) is 3.11. The zero-order valence-electron chi connectivity index (χ0n) is 23.0. The van der Waals surface area contributed by atoms with E-state index in [9.17, 15) is 14.7 Å². The summed E-state index contributed by atoms with van der Waals surface area (Å²) in [5.74, 6) is -1.22. The van der Waals surface area contributed by atoms with Crippen molar-refractivity contribution < 1.29 is 33.1 Å². The first-order valence-electron chi connectivity index (χ1n) is 13.3. The van der Waals surface area contributed by atoms with Crippen LogP contribution in [0.25, 0.3) is 11.3 Å². The van der Waals surface area contributed by atoms with Gasteiger partial charge in [-0.05, 0) is 39.8 Å². The predicted molar refractivity (Wildman–Crippen MR) is 146 cm³/mol. The number of hydrogen-bond acceptors (Lipinski definition) is 9. The normalized spacial score (nSPS) is 20.2. The molecule has 0 spiro atoms. The smallest absolute Gasteiger partial charge is 0.410 e. The van der Waals surface area contributed by atoms with E-state index in [0.717, 1.165) is 5.56 Å². The van der Waals surface area contributed by atoms with E-state index in [2.05, 4.69) is 5.16 Å². The van der Waals surface area contributed by atoms with Crippen LogP contribution in [0.4, 0.5) is 15.0 Å². The number of anilines is 1. The number of nitrogens with zero attached hydrogens (tertiary/aromatic N) is 5. The second kappa shape index (κ2) is 9.79. The highest BCUT2D eigenvalue weighted by Crippen LogP contribution is 2.48. The molecule has 3 aromatic rings. The van der Waals surface area contributed by atoms with Crippen LogP contribution in [0, 0.1) is 5.82 Å². The maximum atomic E-state index is 15.1. The van der Waals surface area contributed by atoms with Crippen LogP contribution in [0.5, 0.6) is 11.5 Å². The fraction of sp³-hybridized carbons (Fsp3) is 0.429. The third-order valence-electron chi connectivity index (χ3n) is 7.52. The fourth-order valence-electron chi connectivity index (χ4n) is 5.51. The maximum Gasteiger partial charge on any atom is 0.410 e. The van der Waals surface area contributed by atoms with Crippen molar-refractivity contribution in [2.24, 2.45) is 0 Å². The first kappa shape index (κ1) is 27.1. The van der Waals surface area contributed by atoms with Crippen LogP contribution in [-0.4, -0.2) is 74.9 Å². The number of pyridine rings is 1. The van der Waals surface area contributed by atoms with Gasteiger partial charge >= 0.3 is 6.09 Å². The summed E-state index contributed by atoms with van der Waals surface area (Å²) in [6.45, 7) is 8.28. The van der Waals surface area contributed by atoms with Gasteiger partial charge in [-0.25, -0.2) is 14.2 Å². The van der Waals surface area contributed by atoms with Crippen molar-refractivity contribution in [2.75, 3.05) is 31.1 Å². The van der Waals surface area contributed by atoms with Crippen LogP contribution in [0.3, 0.4) is 0 Å². The zero-order valence-corrected chi connectivity index (χ0v) is 23.7. The number of phenols is 1. The Bertz CT molecular complexity index is 1540. The number of phenolic OH excluding ortho intramolecular Hbond substituents is 1. The zero-order chi connectivity index (χ0) is 29.2. The lowest BCUT2D eigenvalue weighted by Crippen LogP contribution is -2.58. The maximum absolute atomic E-state index is 15.1. The van der Waals surface area contributed by atoms with Crippen molar-refractivity contribution in [3.8, 4) is 22.8 Å². The summed E-state index contributed by atoms with van der Waals surface area (Å²) >= 11 is 6.81. The molecule has 2 aromatic heterocycles. The van der Waals surface area contributed by atoms with E-state index >= 15 is 4.39 Å². The van der Waals surface area contributed by atoms with Gasteiger partial charge < -0.3 is 33.8 Å².